The lowest BCUT2D eigenvalue weighted by Gasteiger charge is -2.33. The molecule has 0 aliphatic carbocycles. The average Bonchev–Trinajstić information content (AvgIpc) is 2.34. The van der Waals surface area contributed by atoms with Crippen LogP contribution in [0.5, 0.6) is 0 Å². The minimum absolute atomic E-state index is 0.139. The number of fused-ring (bicyclic) bond motifs is 1. The van der Waals surface area contributed by atoms with Crippen LogP contribution in [0.25, 0.3) is 0 Å². The molecule has 2 rings (SSSR count). The summed E-state index contributed by atoms with van der Waals surface area (Å²) in [5.74, 6) is -0.344. The second kappa shape index (κ2) is 4.53. The highest BCUT2D eigenvalue weighted by Crippen LogP contribution is 2.23. The summed E-state index contributed by atoms with van der Waals surface area (Å²) >= 11 is 0. The summed E-state index contributed by atoms with van der Waals surface area (Å²) in [5.41, 5.74) is 6.85. The summed E-state index contributed by atoms with van der Waals surface area (Å²) in [7, 11) is 0. The Bertz CT molecular complexity index is 494. The monoisotopic (exact) mass is 246 g/mol. The zero-order chi connectivity index (χ0) is 13.3. The van der Waals surface area contributed by atoms with Gasteiger partial charge in [0.15, 0.2) is 0 Å². The van der Waals surface area contributed by atoms with Gasteiger partial charge in [0.2, 0.25) is 5.91 Å². The lowest BCUT2D eigenvalue weighted by molar-refractivity contribution is -0.129. The standard InChI is InChI=1S/C14H18N2O2/c1-14(2,8-15)9-16-12(17)7-10-5-3-4-6-11(10)13(16)18/h3-6H,7-9,15H2,1-2H3. The van der Waals surface area contributed by atoms with Crippen LogP contribution in [0.3, 0.4) is 0 Å². The predicted octanol–water partition coefficient (Wildman–Crippen LogP) is 1.20. The number of carbonyl (C=O) groups excluding carboxylic acids is 2. The number of rotatable bonds is 3. The molecule has 0 saturated carbocycles. The Labute approximate surface area is 107 Å². The zero-order valence-electron chi connectivity index (χ0n) is 10.8. The van der Waals surface area contributed by atoms with Gasteiger partial charge in [0.05, 0.1) is 6.42 Å². The van der Waals surface area contributed by atoms with Gasteiger partial charge in [-0.15, -0.1) is 0 Å². The fourth-order valence-corrected chi connectivity index (χ4v) is 2.05. The molecule has 0 saturated heterocycles. The Morgan fingerprint density at radius 3 is 2.61 bits per heavy atom. The largest absolute Gasteiger partial charge is 0.330 e. The fraction of sp³-hybridized carbons (Fsp3) is 0.429. The summed E-state index contributed by atoms with van der Waals surface area (Å²) in [6.07, 6.45) is 0.294. The number of nitrogens with zero attached hydrogens (tertiary/aromatic N) is 1. The minimum atomic E-state index is -0.252. The topological polar surface area (TPSA) is 63.4 Å². The maximum atomic E-state index is 12.3. The van der Waals surface area contributed by atoms with Gasteiger partial charge in [-0.05, 0) is 23.6 Å². The molecule has 1 aliphatic rings. The lowest BCUT2D eigenvalue weighted by Crippen LogP contribution is -2.48. The van der Waals surface area contributed by atoms with Gasteiger partial charge in [-0.25, -0.2) is 0 Å². The highest BCUT2D eigenvalue weighted by Gasteiger charge is 2.33. The molecule has 1 aromatic rings. The third kappa shape index (κ3) is 2.29. The second-order valence-corrected chi connectivity index (χ2v) is 5.49. The Morgan fingerprint density at radius 1 is 1.28 bits per heavy atom. The third-order valence-corrected chi connectivity index (χ3v) is 3.27. The van der Waals surface area contributed by atoms with Crippen molar-refractivity contribution in [3.63, 3.8) is 0 Å². The summed E-state index contributed by atoms with van der Waals surface area (Å²) in [5, 5.41) is 0. The molecule has 0 aromatic heterocycles. The van der Waals surface area contributed by atoms with Crippen LogP contribution in [-0.4, -0.2) is 29.8 Å². The Kier molecular flexibility index (Phi) is 3.22. The van der Waals surface area contributed by atoms with Gasteiger partial charge >= 0.3 is 0 Å². The summed E-state index contributed by atoms with van der Waals surface area (Å²) < 4.78 is 0. The van der Waals surface area contributed by atoms with Crippen molar-refractivity contribution >= 4 is 11.8 Å². The van der Waals surface area contributed by atoms with E-state index in [0.717, 1.165) is 5.56 Å². The van der Waals surface area contributed by atoms with Crippen molar-refractivity contribution in [1.82, 2.24) is 4.90 Å². The number of carbonyl (C=O) groups is 2. The highest BCUT2D eigenvalue weighted by molar-refractivity contribution is 6.09. The van der Waals surface area contributed by atoms with Gasteiger partial charge in [0.25, 0.3) is 5.91 Å². The van der Waals surface area contributed by atoms with E-state index in [0.29, 0.717) is 25.1 Å². The molecular weight excluding hydrogens is 228 g/mol. The van der Waals surface area contributed by atoms with E-state index in [1.54, 1.807) is 6.07 Å². The number of amides is 2. The molecule has 2 amide bonds. The molecular formula is C14H18N2O2. The highest BCUT2D eigenvalue weighted by atomic mass is 16.2. The van der Waals surface area contributed by atoms with Crippen LogP contribution < -0.4 is 5.73 Å². The van der Waals surface area contributed by atoms with E-state index in [2.05, 4.69) is 0 Å². The van der Waals surface area contributed by atoms with Crippen molar-refractivity contribution in [2.24, 2.45) is 11.1 Å². The van der Waals surface area contributed by atoms with E-state index >= 15 is 0 Å². The molecule has 1 heterocycles. The van der Waals surface area contributed by atoms with Gasteiger partial charge in [0, 0.05) is 12.1 Å². The molecule has 2 N–H and O–H groups in total. The molecule has 0 spiro atoms. The van der Waals surface area contributed by atoms with Crippen LogP contribution in [-0.2, 0) is 11.2 Å². The predicted molar refractivity (Wildman–Crippen MR) is 69.0 cm³/mol. The van der Waals surface area contributed by atoms with E-state index < -0.39 is 0 Å². The first kappa shape index (κ1) is 12.8. The van der Waals surface area contributed by atoms with Gasteiger partial charge in [-0.2, -0.15) is 0 Å². The molecule has 4 heteroatoms. The Balaban J connectivity index is 2.30. The van der Waals surface area contributed by atoms with Crippen LogP contribution in [0, 0.1) is 5.41 Å². The van der Waals surface area contributed by atoms with Crippen molar-refractivity contribution in [2.75, 3.05) is 13.1 Å². The van der Waals surface area contributed by atoms with E-state index in [1.165, 1.54) is 4.90 Å². The van der Waals surface area contributed by atoms with Crippen molar-refractivity contribution in [3.8, 4) is 0 Å². The minimum Gasteiger partial charge on any atom is -0.330 e. The van der Waals surface area contributed by atoms with Gasteiger partial charge < -0.3 is 5.73 Å². The molecule has 0 atom stereocenters. The summed E-state index contributed by atoms with van der Waals surface area (Å²) in [6, 6.07) is 7.26. The normalized spacial score (nSPS) is 15.8. The van der Waals surface area contributed by atoms with Crippen LogP contribution in [0.4, 0.5) is 0 Å². The molecule has 0 bridgehead atoms. The van der Waals surface area contributed by atoms with Crippen LogP contribution in [0.1, 0.15) is 29.8 Å². The number of hydrogen-bond acceptors (Lipinski definition) is 3. The molecule has 0 fully saturated rings. The molecule has 18 heavy (non-hydrogen) atoms. The maximum absolute atomic E-state index is 12.3. The maximum Gasteiger partial charge on any atom is 0.260 e. The summed E-state index contributed by atoms with van der Waals surface area (Å²) in [4.78, 5) is 25.6. The molecule has 4 nitrogen and oxygen atoms in total. The molecule has 1 aliphatic heterocycles. The zero-order valence-corrected chi connectivity index (χ0v) is 10.8. The quantitative estimate of drug-likeness (QED) is 0.815. The van der Waals surface area contributed by atoms with Gasteiger partial charge in [-0.3, -0.25) is 14.5 Å². The van der Waals surface area contributed by atoms with Crippen molar-refractivity contribution in [2.45, 2.75) is 20.3 Å². The molecule has 96 valence electrons. The second-order valence-electron chi connectivity index (χ2n) is 5.49. The Hall–Kier alpha value is -1.68. The van der Waals surface area contributed by atoms with E-state index in [4.69, 9.17) is 5.73 Å². The third-order valence-electron chi connectivity index (χ3n) is 3.27. The summed E-state index contributed by atoms with van der Waals surface area (Å²) in [6.45, 7) is 4.71. The first-order chi connectivity index (χ1) is 8.44. The van der Waals surface area contributed by atoms with Crippen LogP contribution in [0.15, 0.2) is 24.3 Å². The first-order valence-electron chi connectivity index (χ1n) is 6.07. The van der Waals surface area contributed by atoms with E-state index in [9.17, 15) is 9.59 Å². The average molecular weight is 246 g/mol. The van der Waals surface area contributed by atoms with Gasteiger partial charge in [-0.1, -0.05) is 32.0 Å². The SMILES string of the molecule is CC(C)(CN)CN1C(=O)Cc2ccccc2C1=O. The van der Waals surface area contributed by atoms with E-state index in [-0.39, 0.29) is 17.2 Å². The lowest BCUT2D eigenvalue weighted by atomic mass is 9.90. The van der Waals surface area contributed by atoms with Crippen molar-refractivity contribution in [3.05, 3.63) is 35.4 Å². The molecule has 0 unspecified atom stereocenters. The first-order valence-corrected chi connectivity index (χ1v) is 6.07. The number of hydrogen-bond donors (Lipinski definition) is 1. The number of imide groups is 1. The van der Waals surface area contributed by atoms with Gasteiger partial charge in [0.1, 0.15) is 0 Å². The van der Waals surface area contributed by atoms with Crippen LogP contribution >= 0.6 is 0 Å². The molecule has 1 aromatic carbocycles. The van der Waals surface area contributed by atoms with Crippen LogP contribution in [0.2, 0.25) is 0 Å². The number of benzene rings is 1. The number of nitrogens with two attached hydrogens (primary N) is 1. The fourth-order valence-electron chi connectivity index (χ4n) is 2.05. The Morgan fingerprint density at radius 2 is 1.94 bits per heavy atom. The van der Waals surface area contributed by atoms with Crippen molar-refractivity contribution < 1.29 is 9.59 Å². The molecule has 0 radical (unpaired) electrons. The smallest absolute Gasteiger partial charge is 0.260 e. The van der Waals surface area contributed by atoms with E-state index in [1.807, 2.05) is 32.0 Å². The van der Waals surface area contributed by atoms with Crippen molar-refractivity contribution in [1.29, 1.82) is 0 Å².